The molecule has 0 spiro atoms. The summed E-state index contributed by atoms with van der Waals surface area (Å²) >= 11 is 0. The van der Waals surface area contributed by atoms with E-state index in [9.17, 15) is 4.79 Å². The minimum Gasteiger partial charge on any atom is -0.497 e. The van der Waals surface area contributed by atoms with E-state index in [0.29, 0.717) is 5.69 Å². The van der Waals surface area contributed by atoms with E-state index in [1.807, 2.05) is 30.0 Å². The van der Waals surface area contributed by atoms with Crippen molar-refractivity contribution in [3.05, 3.63) is 29.5 Å². The van der Waals surface area contributed by atoms with E-state index in [1.165, 1.54) is 0 Å². The first-order chi connectivity index (χ1) is 10.6. The van der Waals surface area contributed by atoms with Crippen LogP contribution < -0.4 is 9.64 Å². The summed E-state index contributed by atoms with van der Waals surface area (Å²) in [6.07, 6.45) is 0. The lowest BCUT2D eigenvalue weighted by molar-refractivity contribution is -0.902. The maximum absolute atomic E-state index is 12.8. The number of ether oxygens (including phenoxy) is 1. The van der Waals surface area contributed by atoms with Crippen LogP contribution in [-0.2, 0) is 0 Å². The number of amides is 1. The van der Waals surface area contributed by atoms with Crippen molar-refractivity contribution in [1.29, 1.82) is 0 Å². The highest BCUT2D eigenvalue weighted by molar-refractivity contribution is 6.01. The zero-order valence-corrected chi connectivity index (χ0v) is 13.5. The Morgan fingerprint density at radius 2 is 2.09 bits per heavy atom. The number of nitrogens with one attached hydrogen (secondary N) is 2. The molecule has 1 aromatic carbocycles. The molecule has 0 unspecified atom stereocenters. The summed E-state index contributed by atoms with van der Waals surface area (Å²) in [6.45, 7) is 9.07. The number of aromatic amines is 1. The van der Waals surface area contributed by atoms with Crippen LogP contribution >= 0.6 is 0 Å². The van der Waals surface area contributed by atoms with Crippen molar-refractivity contribution in [3.8, 4) is 5.75 Å². The first-order valence-corrected chi connectivity index (χ1v) is 7.93. The second kappa shape index (κ2) is 6.01. The number of hydrogen-bond donors (Lipinski definition) is 2. The van der Waals surface area contributed by atoms with Gasteiger partial charge in [0, 0.05) is 10.9 Å². The van der Waals surface area contributed by atoms with Crippen molar-refractivity contribution >= 4 is 16.8 Å². The highest BCUT2D eigenvalue weighted by atomic mass is 16.5. The van der Waals surface area contributed by atoms with Gasteiger partial charge in [0.2, 0.25) is 0 Å². The molecule has 2 N–H and O–H groups in total. The van der Waals surface area contributed by atoms with Crippen LogP contribution in [0, 0.1) is 6.92 Å². The van der Waals surface area contributed by atoms with E-state index in [4.69, 9.17) is 4.74 Å². The first-order valence-electron chi connectivity index (χ1n) is 7.93. The lowest BCUT2D eigenvalue weighted by Gasteiger charge is -2.31. The van der Waals surface area contributed by atoms with Gasteiger partial charge in [-0.3, -0.25) is 4.79 Å². The van der Waals surface area contributed by atoms with Gasteiger partial charge in [-0.05, 0) is 37.6 Å². The lowest BCUT2D eigenvalue weighted by Crippen LogP contribution is -3.14. The Bertz CT molecular complexity index is 685. The number of nitrogens with zero attached hydrogens (tertiary/aromatic N) is 1. The van der Waals surface area contributed by atoms with Crippen molar-refractivity contribution in [2.24, 2.45) is 0 Å². The van der Waals surface area contributed by atoms with Gasteiger partial charge in [-0.15, -0.1) is 0 Å². The van der Waals surface area contributed by atoms with Crippen molar-refractivity contribution in [3.63, 3.8) is 0 Å². The number of rotatable bonds is 3. The number of carbonyl (C=O) groups is 1. The number of quaternary nitrogens is 1. The SMILES string of the molecule is CC[NH+]1CCN(C(=O)c2[nH]c3ccc(OC)cc3c2C)CC1. The second-order valence-corrected chi connectivity index (χ2v) is 5.93. The predicted octanol–water partition coefficient (Wildman–Crippen LogP) is 0.846. The number of benzene rings is 1. The molecule has 1 fully saturated rings. The van der Waals surface area contributed by atoms with Crippen LogP contribution in [0.4, 0.5) is 0 Å². The molecule has 1 amide bonds. The molecular weight excluding hydrogens is 278 g/mol. The first kappa shape index (κ1) is 14.9. The smallest absolute Gasteiger partial charge is 0.270 e. The average Bonchev–Trinajstić information content (AvgIpc) is 2.90. The Morgan fingerprint density at radius 3 is 2.73 bits per heavy atom. The summed E-state index contributed by atoms with van der Waals surface area (Å²) in [5, 5.41) is 1.06. The molecular formula is C17H24N3O2+. The number of methoxy groups -OCH3 is 1. The molecule has 22 heavy (non-hydrogen) atoms. The Hall–Kier alpha value is -2.01. The van der Waals surface area contributed by atoms with E-state index in [1.54, 1.807) is 12.0 Å². The van der Waals surface area contributed by atoms with Crippen LogP contribution in [-0.4, -0.2) is 55.6 Å². The van der Waals surface area contributed by atoms with Gasteiger partial charge in [0.15, 0.2) is 0 Å². The Kier molecular flexibility index (Phi) is 4.07. The average molecular weight is 302 g/mol. The van der Waals surface area contributed by atoms with Crippen LogP contribution in [0.2, 0.25) is 0 Å². The number of hydrogen-bond acceptors (Lipinski definition) is 2. The maximum Gasteiger partial charge on any atom is 0.270 e. The molecule has 0 aliphatic carbocycles. The molecule has 5 nitrogen and oxygen atoms in total. The number of aryl methyl sites for hydroxylation is 1. The minimum atomic E-state index is 0.114. The zero-order chi connectivity index (χ0) is 15.7. The van der Waals surface area contributed by atoms with E-state index in [-0.39, 0.29) is 5.91 Å². The monoisotopic (exact) mass is 302 g/mol. The van der Waals surface area contributed by atoms with Gasteiger partial charge >= 0.3 is 0 Å². The summed E-state index contributed by atoms with van der Waals surface area (Å²) in [4.78, 5) is 19.6. The Labute approximate surface area is 130 Å². The summed E-state index contributed by atoms with van der Waals surface area (Å²) in [6, 6.07) is 5.87. The number of aromatic nitrogens is 1. The molecule has 0 bridgehead atoms. The molecule has 1 saturated heterocycles. The van der Waals surface area contributed by atoms with Gasteiger partial charge in [0.25, 0.3) is 5.91 Å². The number of likely N-dealkylation sites (N-methyl/N-ethyl adjacent to an activating group) is 1. The number of fused-ring (bicyclic) bond motifs is 1. The summed E-state index contributed by atoms with van der Waals surface area (Å²) < 4.78 is 5.28. The van der Waals surface area contributed by atoms with Gasteiger partial charge in [-0.1, -0.05) is 0 Å². The molecule has 1 aliphatic heterocycles. The molecule has 3 rings (SSSR count). The van der Waals surface area contributed by atoms with E-state index in [2.05, 4.69) is 11.9 Å². The number of piperazine rings is 1. The fourth-order valence-corrected chi connectivity index (χ4v) is 3.18. The quantitative estimate of drug-likeness (QED) is 0.883. The Morgan fingerprint density at radius 1 is 1.36 bits per heavy atom. The predicted molar refractivity (Wildman–Crippen MR) is 86.7 cm³/mol. The highest BCUT2D eigenvalue weighted by Gasteiger charge is 2.26. The van der Waals surface area contributed by atoms with Gasteiger partial charge < -0.3 is 19.5 Å². The molecule has 0 radical (unpaired) electrons. The zero-order valence-electron chi connectivity index (χ0n) is 13.5. The highest BCUT2D eigenvalue weighted by Crippen LogP contribution is 2.26. The molecule has 2 heterocycles. The van der Waals surface area contributed by atoms with Crippen molar-refractivity contribution < 1.29 is 14.4 Å². The molecule has 2 aromatic rings. The third-order valence-electron chi connectivity index (χ3n) is 4.74. The van der Waals surface area contributed by atoms with E-state index < -0.39 is 0 Å². The largest absolute Gasteiger partial charge is 0.497 e. The molecule has 0 atom stereocenters. The van der Waals surface area contributed by atoms with Crippen LogP contribution in [0.1, 0.15) is 23.0 Å². The standard InChI is InChI=1S/C17H23N3O2/c1-4-19-7-9-20(10-8-19)17(21)16-12(2)14-11-13(22-3)5-6-15(14)18-16/h5-6,11,18H,4,7-10H2,1-3H3/p+1. The Balaban J connectivity index is 1.86. The maximum atomic E-state index is 12.8. The van der Waals surface area contributed by atoms with Crippen molar-refractivity contribution in [1.82, 2.24) is 9.88 Å². The number of H-pyrrole nitrogens is 1. The number of carbonyl (C=O) groups excluding carboxylic acids is 1. The van der Waals surface area contributed by atoms with Gasteiger partial charge in [0.1, 0.15) is 11.4 Å². The van der Waals surface area contributed by atoms with Gasteiger partial charge in [-0.2, -0.15) is 0 Å². The minimum absolute atomic E-state index is 0.114. The van der Waals surface area contributed by atoms with Crippen LogP contribution in [0.5, 0.6) is 5.75 Å². The van der Waals surface area contributed by atoms with Gasteiger partial charge in [0.05, 0.1) is 39.8 Å². The molecule has 1 aromatic heterocycles. The molecule has 118 valence electrons. The van der Waals surface area contributed by atoms with Crippen LogP contribution in [0.15, 0.2) is 18.2 Å². The van der Waals surface area contributed by atoms with E-state index >= 15 is 0 Å². The molecule has 5 heteroatoms. The van der Waals surface area contributed by atoms with Crippen molar-refractivity contribution in [2.75, 3.05) is 39.8 Å². The summed E-state index contributed by atoms with van der Waals surface area (Å²) in [5.74, 6) is 0.927. The molecule has 1 aliphatic rings. The third-order valence-corrected chi connectivity index (χ3v) is 4.74. The second-order valence-electron chi connectivity index (χ2n) is 5.93. The summed E-state index contributed by atoms with van der Waals surface area (Å²) in [7, 11) is 1.66. The van der Waals surface area contributed by atoms with Gasteiger partial charge in [-0.25, -0.2) is 0 Å². The fraction of sp³-hybridized carbons (Fsp3) is 0.471. The topological polar surface area (TPSA) is 49.8 Å². The fourth-order valence-electron chi connectivity index (χ4n) is 3.18. The molecule has 0 saturated carbocycles. The third kappa shape index (κ3) is 2.57. The van der Waals surface area contributed by atoms with Crippen LogP contribution in [0.25, 0.3) is 10.9 Å². The van der Waals surface area contributed by atoms with Crippen molar-refractivity contribution in [2.45, 2.75) is 13.8 Å². The summed E-state index contributed by atoms with van der Waals surface area (Å²) in [5.41, 5.74) is 2.70. The van der Waals surface area contributed by atoms with Crippen LogP contribution in [0.3, 0.4) is 0 Å². The lowest BCUT2D eigenvalue weighted by atomic mass is 10.1. The normalized spacial score (nSPS) is 16.2. The van der Waals surface area contributed by atoms with E-state index in [0.717, 1.165) is 54.9 Å².